The molecule has 2 aliphatic rings. The lowest BCUT2D eigenvalue weighted by Crippen LogP contribution is -2.48. The van der Waals surface area contributed by atoms with E-state index in [0.717, 1.165) is 32.0 Å². The molecule has 1 atom stereocenters. The highest BCUT2D eigenvalue weighted by atomic mass is 16.7. The maximum absolute atomic E-state index is 5.73. The molecule has 1 heterocycles. The Balaban J connectivity index is 1.64. The van der Waals surface area contributed by atoms with E-state index in [1.807, 2.05) is 0 Å². The number of ether oxygens (including phenoxy) is 3. The smallest absolute Gasteiger partial charge is 0.147 e. The van der Waals surface area contributed by atoms with E-state index in [4.69, 9.17) is 19.9 Å². The van der Waals surface area contributed by atoms with Gasteiger partial charge in [-0.2, -0.15) is 0 Å². The summed E-state index contributed by atoms with van der Waals surface area (Å²) < 4.78 is 16.6. The second-order valence-electron chi connectivity index (χ2n) is 4.62. The van der Waals surface area contributed by atoms with E-state index < -0.39 is 0 Å². The predicted octanol–water partition coefficient (Wildman–Crippen LogP) is 0.895. The Morgan fingerprint density at radius 3 is 2.87 bits per heavy atom. The highest BCUT2D eigenvalue weighted by molar-refractivity contribution is 4.84. The number of rotatable bonds is 6. The number of hydrogen-bond acceptors (Lipinski definition) is 4. The topological polar surface area (TPSA) is 53.7 Å². The molecule has 2 fully saturated rings. The van der Waals surface area contributed by atoms with Gasteiger partial charge in [-0.25, -0.2) is 0 Å². The zero-order valence-electron chi connectivity index (χ0n) is 9.24. The summed E-state index contributed by atoms with van der Waals surface area (Å²) in [6.07, 6.45) is 4.63. The van der Waals surface area contributed by atoms with Crippen LogP contribution in [0.4, 0.5) is 0 Å². The lowest BCUT2D eigenvalue weighted by Gasteiger charge is -2.35. The van der Waals surface area contributed by atoms with Crippen molar-refractivity contribution in [2.45, 2.75) is 31.3 Å². The van der Waals surface area contributed by atoms with Crippen molar-refractivity contribution in [3.8, 4) is 0 Å². The molecule has 0 aromatic carbocycles. The van der Waals surface area contributed by atoms with E-state index in [2.05, 4.69) is 0 Å². The molecule has 1 aliphatic heterocycles. The van der Waals surface area contributed by atoms with Crippen LogP contribution in [0.15, 0.2) is 0 Å². The van der Waals surface area contributed by atoms with E-state index in [1.54, 1.807) is 0 Å². The van der Waals surface area contributed by atoms with Gasteiger partial charge in [-0.3, -0.25) is 0 Å². The summed E-state index contributed by atoms with van der Waals surface area (Å²) in [5.74, 6) is 0.782. The fraction of sp³-hybridized carbons (Fsp3) is 1.00. The summed E-state index contributed by atoms with van der Waals surface area (Å²) in [5, 5.41) is 0. The molecule has 0 aromatic rings. The van der Waals surface area contributed by atoms with Crippen molar-refractivity contribution in [3.05, 3.63) is 0 Å². The first-order valence-corrected chi connectivity index (χ1v) is 5.84. The standard InChI is InChI=1S/C11H21NO3/c12-7-11(4-1-5-13-8-11)15-9-14-6-10-2-3-10/h10H,1-9,12H2. The Bertz CT molecular complexity index is 188. The molecule has 2 N–H and O–H groups in total. The van der Waals surface area contributed by atoms with Gasteiger partial charge in [-0.15, -0.1) is 0 Å². The van der Waals surface area contributed by atoms with Gasteiger partial charge in [0, 0.05) is 13.2 Å². The van der Waals surface area contributed by atoms with Crippen molar-refractivity contribution < 1.29 is 14.2 Å². The molecule has 88 valence electrons. The summed E-state index contributed by atoms with van der Waals surface area (Å²) in [7, 11) is 0. The van der Waals surface area contributed by atoms with Crippen LogP contribution in [0.1, 0.15) is 25.7 Å². The minimum Gasteiger partial charge on any atom is -0.378 e. The maximum atomic E-state index is 5.73. The third-order valence-electron chi connectivity index (χ3n) is 3.16. The van der Waals surface area contributed by atoms with Gasteiger partial charge in [0.2, 0.25) is 0 Å². The normalized spacial score (nSPS) is 31.8. The van der Waals surface area contributed by atoms with Crippen molar-refractivity contribution in [1.82, 2.24) is 0 Å². The second-order valence-corrected chi connectivity index (χ2v) is 4.62. The molecule has 15 heavy (non-hydrogen) atoms. The Labute approximate surface area is 91.1 Å². The van der Waals surface area contributed by atoms with Crippen LogP contribution in [-0.4, -0.2) is 38.8 Å². The Morgan fingerprint density at radius 1 is 1.40 bits per heavy atom. The second kappa shape index (κ2) is 5.25. The maximum Gasteiger partial charge on any atom is 0.147 e. The van der Waals surface area contributed by atoms with Gasteiger partial charge in [0.05, 0.1) is 13.2 Å². The SMILES string of the molecule is NCC1(OCOCC2CC2)CCCOC1. The van der Waals surface area contributed by atoms with Crippen molar-refractivity contribution >= 4 is 0 Å². The molecule has 0 spiro atoms. The van der Waals surface area contributed by atoms with Crippen LogP contribution in [0.2, 0.25) is 0 Å². The van der Waals surface area contributed by atoms with Gasteiger partial charge in [0.1, 0.15) is 12.4 Å². The highest BCUT2D eigenvalue weighted by Crippen LogP contribution is 2.29. The first-order valence-electron chi connectivity index (χ1n) is 5.84. The predicted molar refractivity (Wildman–Crippen MR) is 56.5 cm³/mol. The molecular formula is C11H21NO3. The number of hydrogen-bond donors (Lipinski definition) is 1. The minimum atomic E-state index is -0.290. The van der Waals surface area contributed by atoms with Gasteiger partial charge < -0.3 is 19.9 Å². The van der Waals surface area contributed by atoms with E-state index in [-0.39, 0.29) is 5.60 Å². The van der Waals surface area contributed by atoms with Gasteiger partial charge in [0.15, 0.2) is 0 Å². The van der Waals surface area contributed by atoms with E-state index in [1.165, 1.54) is 12.8 Å². The van der Waals surface area contributed by atoms with E-state index in [9.17, 15) is 0 Å². The first kappa shape index (κ1) is 11.3. The van der Waals surface area contributed by atoms with Gasteiger partial charge >= 0.3 is 0 Å². The van der Waals surface area contributed by atoms with Gasteiger partial charge in [-0.05, 0) is 31.6 Å². The van der Waals surface area contributed by atoms with Gasteiger partial charge in [0.25, 0.3) is 0 Å². The zero-order valence-corrected chi connectivity index (χ0v) is 9.24. The monoisotopic (exact) mass is 215 g/mol. The highest BCUT2D eigenvalue weighted by Gasteiger charge is 2.32. The molecule has 4 heteroatoms. The average Bonchev–Trinajstić information content (AvgIpc) is 3.10. The molecule has 0 aromatic heterocycles. The van der Waals surface area contributed by atoms with Crippen molar-refractivity contribution in [2.24, 2.45) is 11.7 Å². The summed E-state index contributed by atoms with van der Waals surface area (Å²) >= 11 is 0. The molecule has 1 saturated heterocycles. The van der Waals surface area contributed by atoms with Crippen LogP contribution in [0, 0.1) is 5.92 Å². The summed E-state index contributed by atoms with van der Waals surface area (Å²) in [4.78, 5) is 0. The van der Waals surface area contributed by atoms with E-state index in [0.29, 0.717) is 19.9 Å². The molecular weight excluding hydrogens is 194 g/mol. The molecule has 1 unspecified atom stereocenters. The molecule has 0 radical (unpaired) electrons. The van der Waals surface area contributed by atoms with Crippen LogP contribution in [0.5, 0.6) is 0 Å². The van der Waals surface area contributed by atoms with Crippen LogP contribution in [-0.2, 0) is 14.2 Å². The molecule has 1 saturated carbocycles. The quantitative estimate of drug-likeness (QED) is 0.528. The molecule has 0 bridgehead atoms. The third-order valence-corrected chi connectivity index (χ3v) is 3.16. The van der Waals surface area contributed by atoms with Gasteiger partial charge in [-0.1, -0.05) is 0 Å². The van der Waals surface area contributed by atoms with Crippen molar-refractivity contribution in [3.63, 3.8) is 0 Å². The van der Waals surface area contributed by atoms with Crippen LogP contribution >= 0.6 is 0 Å². The number of nitrogens with two attached hydrogens (primary N) is 1. The molecule has 4 nitrogen and oxygen atoms in total. The van der Waals surface area contributed by atoms with Crippen molar-refractivity contribution in [1.29, 1.82) is 0 Å². The fourth-order valence-electron chi connectivity index (χ4n) is 1.83. The lowest BCUT2D eigenvalue weighted by atomic mass is 9.97. The summed E-state index contributed by atoms with van der Waals surface area (Å²) in [5.41, 5.74) is 5.44. The Hall–Kier alpha value is -0.160. The molecule has 2 rings (SSSR count). The van der Waals surface area contributed by atoms with Crippen LogP contribution in [0.3, 0.4) is 0 Å². The van der Waals surface area contributed by atoms with Crippen LogP contribution < -0.4 is 5.73 Å². The summed E-state index contributed by atoms with van der Waals surface area (Å²) in [6.45, 7) is 3.14. The van der Waals surface area contributed by atoms with E-state index >= 15 is 0 Å². The Kier molecular flexibility index (Phi) is 3.97. The fourth-order valence-corrected chi connectivity index (χ4v) is 1.83. The van der Waals surface area contributed by atoms with Crippen LogP contribution in [0.25, 0.3) is 0 Å². The third kappa shape index (κ3) is 3.41. The lowest BCUT2D eigenvalue weighted by molar-refractivity contribution is -0.181. The Morgan fingerprint density at radius 2 is 2.27 bits per heavy atom. The minimum absolute atomic E-state index is 0.290. The van der Waals surface area contributed by atoms with Crippen molar-refractivity contribution in [2.75, 3.05) is 33.2 Å². The largest absolute Gasteiger partial charge is 0.378 e. The summed E-state index contributed by atoms with van der Waals surface area (Å²) in [6, 6.07) is 0. The average molecular weight is 215 g/mol. The molecule has 0 amide bonds. The first-order chi connectivity index (χ1) is 7.35. The molecule has 1 aliphatic carbocycles. The zero-order chi connectivity index (χ0) is 10.6.